The predicted octanol–water partition coefficient (Wildman–Crippen LogP) is 1.74. The van der Waals surface area contributed by atoms with Gasteiger partial charge in [-0.3, -0.25) is 19.7 Å². The number of nitrogens with one attached hydrogen (secondary N) is 1. The molecule has 10 nitrogen and oxygen atoms in total. The molecule has 0 unspecified atom stereocenters. The van der Waals surface area contributed by atoms with Gasteiger partial charge in [0.05, 0.1) is 19.6 Å². The number of piperidine rings is 1. The number of β-amino-alcohol motifs (C(OH)–C–C–N with tert-alkyl or cyclic N) is 1. The minimum absolute atomic E-state index is 0.00853. The van der Waals surface area contributed by atoms with Crippen LogP contribution in [0.2, 0.25) is 0 Å². The van der Waals surface area contributed by atoms with E-state index < -0.39 is 23.3 Å². The third-order valence-corrected chi connectivity index (χ3v) is 7.36. The van der Waals surface area contributed by atoms with Gasteiger partial charge in [0.25, 0.3) is 5.91 Å². The lowest BCUT2D eigenvalue weighted by molar-refractivity contribution is -0.127. The van der Waals surface area contributed by atoms with Crippen LogP contribution in [0.4, 0.5) is 5.82 Å². The Morgan fingerprint density at radius 2 is 2.08 bits per heavy atom. The molecule has 2 aromatic heterocycles. The highest BCUT2D eigenvalue weighted by molar-refractivity contribution is 6.10. The molecule has 6 rings (SSSR count). The molecule has 3 aliphatic heterocycles. The van der Waals surface area contributed by atoms with E-state index in [1.165, 1.54) is 7.11 Å². The van der Waals surface area contributed by atoms with Crippen molar-refractivity contribution in [1.29, 1.82) is 0 Å². The Bertz CT molecular complexity index is 1400. The molecule has 0 aliphatic carbocycles. The number of furan rings is 1. The summed E-state index contributed by atoms with van der Waals surface area (Å²) in [4.78, 5) is 47.1. The molecule has 3 aliphatic rings. The van der Waals surface area contributed by atoms with Gasteiger partial charge in [0, 0.05) is 37.8 Å². The van der Waals surface area contributed by atoms with E-state index in [1.54, 1.807) is 29.2 Å². The molecule has 2 fully saturated rings. The molecule has 1 aromatic carbocycles. The molecular formula is C26H26N4O6. The van der Waals surface area contributed by atoms with Crippen molar-refractivity contribution in [2.75, 3.05) is 31.6 Å². The van der Waals surface area contributed by atoms with E-state index in [9.17, 15) is 19.5 Å². The van der Waals surface area contributed by atoms with Gasteiger partial charge in [-0.05, 0) is 42.7 Å². The Hall–Kier alpha value is -3.92. The summed E-state index contributed by atoms with van der Waals surface area (Å²) < 4.78 is 11.3. The standard InChI is InChI=1S/C26H26N4O6/c1-35-17-5-4-15-12-30(24(33)18(15)9-17)14-26(11-23(32)28-25(26)34)21-10-19-20(36-21)6-7-22(27-19)29-8-2-3-16(31)13-29/h4-7,9-10,16,31H,2-3,8,11-14H2,1H3,(H,28,32,34)/t16-,26-/m1/s1. The van der Waals surface area contributed by atoms with Gasteiger partial charge in [-0.2, -0.15) is 0 Å². The lowest BCUT2D eigenvalue weighted by Crippen LogP contribution is -2.46. The minimum Gasteiger partial charge on any atom is -0.497 e. The molecule has 2 N–H and O–H groups in total. The van der Waals surface area contributed by atoms with E-state index in [2.05, 4.69) is 5.32 Å². The fourth-order valence-corrected chi connectivity index (χ4v) is 5.46. The molecule has 10 heteroatoms. The summed E-state index contributed by atoms with van der Waals surface area (Å²) in [6, 6.07) is 10.6. The fraction of sp³-hybridized carbons (Fsp3) is 0.385. The van der Waals surface area contributed by atoms with Gasteiger partial charge in [0.15, 0.2) is 5.58 Å². The molecule has 5 heterocycles. The number of hydrogen-bond acceptors (Lipinski definition) is 8. The number of aromatic nitrogens is 1. The molecule has 0 radical (unpaired) electrons. The number of pyridine rings is 1. The highest BCUT2D eigenvalue weighted by Gasteiger charge is 2.53. The average Bonchev–Trinajstić information content (AvgIpc) is 3.52. The zero-order valence-corrected chi connectivity index (χ0v) is 19.8. The van der Waals surface area contributed by atoms with Gasteiger partial charge in [-0.15, -0.1) is 0 Å². The molecule has 36 heavy (non-hydrogen) atoms. The molecule has 2 saturated heterocycles. The van der Waals surface area contributed by atoms with E-state index in [-0.39, 0.29) is 18.9 Å². The number of fused-ring (bicyclic) bond motifs is 2. The third kappa shape index (κ3) is 3.60. The summed E-state index contributed by atoms with van der Waals surface area (Å²) in [6.45, 7) is 1.61. The van der Waals surface area contributed by atoms with E-state index in [0.717, 1.165) is 24.9 Å². The lowest BCUT2D eigenvalue weighted by atomic mass is 9.82. The highest BCUT2D eigenvalue weighted by Crippen LogP contribution is 2.39. The van der Waals surface area contributed by atoms with Crippen LogP contribution in [-0.4, -0.2) is 65.6 Å². The Morgan fingerprint density at radius 1 is 1.22 bits per heavy atom. The summed E-state index contributed by atoms with van der Waals surface area (Å²) in [5, 5.41) is 12.4. The average molecular weight is 491 g/mol. The van der Waals surface area contributed by atoms with Crippen molar-refractivity contribution in [3.63, 3.8) is 0 Å². The van der Waals surface area contributed by atoms with Crippen LogP contribution in [0.15, 0.2) is 40.8 Å². The van der Waals surface area contributed by atoms with Gasteiger partial charge in [-0.1, -0.05) is 6.07 Å². The van der Waals surface area contributed by atoms with Crippen molar-refractivity contribution >= 4 is 34.6 Å². The molecule has 3 aromatic rings. The first-order chi connectivity index (χ1) is 17.4. The maximum Gasteiger partial charge on any atom is 0.254 e. The summed E-state index contributed by atoms with van der Waals surface area (Å²) in [5.41, 5.74) is 1.03. The molecule has 0 saturated carbocycles. The number of methoxy groups -OCH3 is 1. The van der Waals surface area contributed by atoms with Crippen LogP contribution in [0.25, 0.3) is 11.1 Å². The van der Waals surface area contributed by atoms with Crippen LogP contribution in [0, 0.1) is 0 Å². The summed E-state index contributed by atoms with van der Waals surface area (Å²) >= 11 is 0. The Labute approximate surface area is 206 Å². The largest absolute Gasteiger partial charge is 0.497 e. The summed E-state index contributed by atoms with van der Waals surface area (Å²) in [7, 11) is 1.54. The molecule has 0 bridgehead atoms. The third-order valence-electron chi connectivity index (χ3n) is 7.36. The number of nitrogens with zero attached hydrogens (tertiary/aromatic N) is 3. The number of hydrogen-bond donors (Lipinski definition) is 2. The smallest absolute Gasteiger partial charge is 0.254 e. The lowest BCUT2D eigenvalue weighted by Gasteiger charge is -2.30. The van der Waals surface area contributed by atoms with Crippen molar-refractivity contribution in [3.8, 4) is 5.75 Å². The fourth-order valence-electron chi connectivity index (χ4n) is 5.46. The predicted molar refractivity (Wildman–Crippen MR) is 129 cm³/mol. The van der Waals surface area contributed by atoms with Gasteiger partial charge < -0.3 is 24.1 Å². The number of aliphatic hydroxyl groups is 1. The second-order valence-electron chi connectivity index (χ2n) is 9.73. The molecule has 2 atom stereocenters. The number of benzene rings is 1. The molecule has 3 amide bonds. The number of rotatable bonds is 5. The van der Waals surface area contributed by atoms with Crippen LogP contribution in [0.1, 0.15) is 40.9 Å². The van der Waals surface area contributed by atoms with Crippen molar-refractivity contribution in [3.05, 3.63) is 53.3 Å². The van der Waals surface area contributed by atoms with E-state index in [4.69, 9.17) is 14.1 Å². The first-order valence-electron chi connectivity index (χ1n) is 12.0. The van der Waals surface area contributed by atoms with Crippen LogP contribution in [0.5, 0.6) is 5.75 Å². The van der Waals surface area contributed by atoms with E-state index in [0.29, 0.717) is 47.1 Å². The number of imide groups is 1. The monoisotopic (exact) mass is 490 g/mol. The number of anilines is 1. The van der Waals surface area contributed by atoms with Gasteiger partial charge in [0.2, 0.25) is 11.8 Å². The van der Waals surface area contributed by atoms with Gasteiger partial charge >= 0.3 is 0 Å². The molecular weight excluding hydrogens is 464 g/mol. The molecule has 186 valence electrons. The van der Waals surface area contributed by atoms with E-state index in [1.807, 2.05) is 17.0 Å². The van der Waals surface area contributed by atoms with Crippen LogP contribution in [-0.2, 0) is 21.5 Å². The van der Waals surface area contributed by atoms with Crippen LogP contribution < -0.4 is 15.0 Å². The van der Waals surface area contributed by atoms with Crippen molar-refractivity contribution in [2.45, 2.75) is 37.3 Å². The highest BCUT2D eigenvalue weighted by atomic mass is 16.5. The first-order valence-corrected chi connectivity index (χ1v) is 12.0. The summed E-state index contributed by atoms with van der Waals surface area (Å²) in [6.07, 6.45) is 1.13. The second kappa shape index (κ2) is 8.34. The van der Waals surface area contributed by atoms with Crippen LogP contribution >= 0.6 is 0 Å². The topological polar surface area (TPSA) is 125 Å². The minimum atomic E-state index is -1.36. The normalized spacial score (nSPS) is 23.9. The first kappa shape index (κ1) is 22.5. The van der Waals surface area contributed by atoms with E-state index >= 15 is 0 Å². The zero-order valence-electron chi connectivity index (χ0n) is 19.8. The zero-order chi connectivity index (χ0) is 25.0. The van der Waals surface area contributed by atoms with Crippen LogP contribution in [0.3, 0.4) is 0 Å². The number of ether oxygens (including phenoxy) is 1. The number of carbonyl (C=O) groups is 3. The maximum absolute atomic E-state index is 13.2. The summed E-state index contributed by atoms with van der Waals surface area (Å²) in [5.74, 6) is 0.456. The Balaban J connectivity index is 1.34. The number of aliphatic hydroxyl groups excluding tert-OH is 1. The number of amides is 3. The van der Waals surface area contributed by atoms with Gasteiger partial charge in [-0.25, -0.2) is 4.98 Å². The Morgan fingerprint density at radius 3 is 2.83 bits per heavy atom. The van der Waals surface area contributed by atoms with Crippen molar-refractivity contribution in [2.24, 2.45) is 0 Å². The van der Waals surface area contributed by atoms with Crippen molar-refractivity contribution < 1.29 is 28.6 Å². The Kier molecular flexibility index (Phi) is 5.22. The number of carbonyl (C=O) groups excluding carboxylic acids is 3. The maximum atomic E-state index is 13.2. The molecule has 0 spiro atoms. The SMILES string of the molecule is COc1ccc2c(c1)C(=O)N(C[C@@]1(c3cc4nc(N5CCC[C@@H](O)C5)ccc4o3)CC(=O)NC1=O)C2. The quantitative estimate of drug-likeness (QED) is 0.518. The second-order valence-corrected chi connectivity index (χ2v) is 9.73. The van der Waals surface area contributed by atoms with Gasteiger partial charge in [0.1, 0.15) is 28.3 Å². The van der Waals surface area contributed by atoms with Crippen molar-refractivity contribution in [1.82, 2.24) is 15.2 Å².